The molecule has 1 aromatic carbocycles. The van der Waals surface area contributed by atoms with Gasteiger partial charge in [-0.1, -0.05) is 16.8 Å². The van der Waals surface area contributed by atoms with Gasteiger partial charge in [0, 0.05) is 29.4 Å². The van der Waals surface area contributed by atoms with Crippen molar-refractivity contribution >= 4 is 29.2 Å². The molecule has 2 aliphatic rings. The summed E-state index contributed by atoms with van der Waals surface area (Å²) in [4.78, 5) is 12.6. The van der Waals surface area contributed by atoms with E-state index < -0.39 is 4.92 Å². The van der Waals surface area contributed by atoms with Crippen LogP contribution in [0.25, 0.3) is 0 Å². The van der Waals surface area contributed by atoms with Crippen LogP contribution in [0.3, 0.4) is 0 Å². The van der Waals surface area contributed by atoms with E-state index in [1.807, 2.05) is 0 Å². The zero-order chi connectivity index (χ0) is 15.9. The van der Waals surface area contributed by atoms with E-state index in [1.165, 1.54) is 6.07 Å². The van der Waals surface area contributed by atoms with Crippen LogP contribution in [0.4, 0.5) is 11.4 Å². The van der Waals surface area contributed by atoms with Crippen LogP contribution in [0.5, 0.6) is 0 Å². The number of nitro groups is 1. The summed E-state index contributed by atoms with van der Waals surface area (Å²) in [6.07, 6.45) is 4.09. The van der Waals surface area contributed by atoms with E-state index >= 15 is 0 Å². The zero-order valence-corrected chi connectivity index (χ0v) is 12.5. The van der Waals surface area contributed by atoms with Gasteiger partial charge in [0.15, 0.2) is 0 Å². The molecule has 2 saturated heterocycles. The van der Waals surface area contributed by atoms with Crippen molar-refractivity contribution in [3.05, 3.63) is 32.8 Å². The quantitative estimate of drug-likeness (QED) is 0.385. The lowest BCUT2D eigenvalue weighted by Crippen LogP contribution is -2.45. The molecular formula is C14H16ClN3O4. The van der Waals surface area contributed by atoms with E-state index in [-0.39, 0.29) is 28.9 Å². The number of halogens is 1. The number of hydrogen-bond donors (Lipinski definition) is 2. The Kier molecular flexibility index (Phi) is 3.92. The Balaban J connectivity index is 2.08. The van der Waals surface area contributed by atoms with Gasteiger partial charge < -0.3 is 15.2 Å². The summed E-state index contributed by atoms with van der Waals surface area (Å²) in [6.45, 7) is 0. The van der Waals surface area contributed by atoms with Crippen LogP contribution in [0.1, 0.15) is 31.2 Å². The highest BCUT2D eigenvalue weighted by atomic mass is 35.5. The first kappa shape index (κ1) is 15.1. The summed E-state index contributed by atoms with van der Waals surface area (Å²) in [5.74, 6) is 0. The van der Waals surface area contributed by atoms with E-state index in [9.17, 15) is 15.2 Å². The molecule has 0 aromatic heterocycles. The van der Waals surface area contributed by atoms with Crippen molar-refractivity contribution in [2.24, 2.45) is 5.16 Å². The number of fused-ring (bicyclic) bond motifs is 2. The molecule has 8 heteroatoms. The predicted molar refractivity (Wildman–Crippen MR) is 82.0 cm³/mol. The highest BCUT2D eigenvalue weighted by Crippen LogP contribution is 2.43. The summed E-state index contributed by atoms with van der Waals surface area (Å²) < 4.78 is 0. The lowest BCUT2D eigenvalue weighted by atomic mass is 9.97. The fourth-order valence-corrected chi connectivity index (χ4v) is 3.94. The van der Waals surface area contributed by atoms with Crippen molar-refractivity contribution in [2.75, 3.05) is 4.90 Å². The summed E-state index contributed by atoms with van der Waals surface area (Å²) in [5, 5.41) is 32.7. The molecule has 2 bridgehead atoms. The van der Waals surface area contributed by atoms with Gasteiger partial charge in [-0.3, -0.25) is 10.1 Å². The Morgan fingerprint density at radius 3 is 2.55 bits per heavy atom. The van der Waals surface area contributed by atoms with Gasteiger partial charge in [0.1, 0.15) is 5.02 Å². The Labute approximate surface area is 131 Å². The second kappa shape index (κ2) is 5.73. The van der Waals surface area contributed by atoms with Crippen molar-refractivity contribution in [2.45, 2.75) is 43.9 Å². The van der Waals surface area contributed by atoms with E-state index in [0.717, 1.165) is 19.1 Å². The van der Waals surface area contributed by atoms with Gasteiger partial charge in [0.05, 0.1) is 17.2 Å². The number of aliphatic hydroxyl groups is 1. The summed E-state index contributed by atoms with van der Waals surface area (Å²) in [5.41, 5.74) is 0.837. The highest BCUT2D eigenvalue weighted by Gasteiger charge is 2.41. The molecule has 3 rings (SSSR count). The number of hydrogen-bond acceptors (Lipinski definition) is 6. The Morgan fingerprint density at radius 1 is 1.36 bits per heavy atom. The molecule has 2 atom stereocenters. The third-order valence-electron chi connectivity index (χ3n) is 4.51. The molecule has 2 heterocycles. The number of oxime groups is 1. The maximum absolute atomic E-state index is 11.0. The third-order valence-corrected chi connectivity index (χ3v) is 4.90. The maximum atomic E-state index is 11.0. The smallest absolute Gasteiger partial charge is 0.288 e. The number of aliphatic hydroxyl groups excluding tert-OH is 1. The topological polar surface area (TPSA) is 99.2 Å². The average molecular weight is 326 g/mol. The van der Waals surface area contributed by atoms with Gasteiger partial charge in [-0.05, 0) is 31.7 Å². The van der Waals surface area contributed by atoms with Crippen LogP contribution >= 0.6 is 11.6 Å². The van der Waals surface area contributed by atoms with Crippen LogP contribution in [-0.2, 0) is 0 Å². The minimum absolute atomic E-state index is 0.0363. The lowest BCUT2D eigenvalue weighted by Gasteiger charge is -2.39. The Morgan fingerprint density at radius 2 is 2.00 bits per heavy atom. The molecule has 0 aliphatic carbocycles. The molecule has 0 saturated carbocycles. The molecule has 22 heavy (non-hydrogen) atoms. The van der Waals surface area contributed by atoms with E-state index in [1.54, 1.807) is 6.07 Å². The van der Waals surface area contributed by atoms with Crippen LogP contribution in [0, 0.1) is 10.1 Å². The van der Waals surface area contributed by atoms with Crippen molar-refractivity contribution in [1.29, 1.82) is 0 Å². The molecular weight excluding hydrogens is 310 g/mol. The molecule has 0 radical (unpaired) electrons. The van der Waals surface area contributed by atoms with Crippen molar-refractivity contribution in [1.82, 2.24) is 0 Å². The Bertz CT molecular complexity index is 623. The normalized spacial score (nSPS) is 27.5. The van der Waals surface area contributed by atoms with Crippen LogP contribution in [0.2, 0.25) is 5.02 Å². The monoisotopic (exact) mass is 325 g/mol. The molecule has 2 aliphatic heterocycles. The standard InChI is InChI=1S/C14H16ClN3O4/c15-14-11(7-16-20)12(3-4-13(14)18(21)22)17-8-1-2-9(17)6-10(19)5-8/h3-4,7-10,19-20H,1-2,5-6H2/b16-7+. The average Bonchev–Trinajstić information content (AvgIpc) is 2.72. The zero-order valence-electron chi connectivity index (χ0n) is 11.7. The molecule has 0 amide bonds. The van der Waals surface area contributed by atoms with Crippen molar-refractivity contribution in [3.63, 3.8) is 0 Å². The summed E-state index contributed by atoms with van der Waals surface area (Å²) in [6, 6.07) is 3.37. The molecule has 7 nitrogen and oxygen atoms in total. The van der Waals surface area contributed by atoms with Gasteiger partial charge in [0.2, 0.25) is 0 Å². The number of anilines is 1. The van der Waals surface area contributed by atoms with Crippen LogP contribution in [-0.4, -0.2) is 39.6 Å². The van der Waals surface area contributed by atoms with Crippen LogP contribution < -0.4 is 4.90 Å². The SMILES string of the molecule is O=[N+]([O-])c1ccc(N2C3CCC2CC(O)C3)c(/C=N/O)c1Cl. The first-order chi connectivity index (χ1) is 10.5. The fraction of sp³-hybridized carbons (Fsp3) is 0.500. The molecule has 2 fully saturated rings. The largest absolute Gasteiger partial charge is 0.411 e. The predicted octanol–water partition coefficient (Wildman–Crippen LogP) is 2.55. The molecule has 118 valence electrons. The van der Waals surface area contributed by atoms with Gasteiger partial charge in [0.25, 0.3) is 5.69 Å². The van der Waals surface area contributed by atoms with Crippen molar-refractivity contribution < 1.29 is 15.2 Å². The van der Waals surface area contributed by atoms with Crippen LogP contribution in [0.15, 0.2) is 17.3 Å². The van der Waals surface area contributed by atoms with Gasteiger partial charge >= 0.3 is 0 Å². The number of benzene rings is 1. The second-order valence-corrected chi connectivity index (χ2v) is 6.13. The summed E-state index contributed by atoms with van der Waals surface area (Å²) >= 11 is 6.13. The minimum Gasteiger partial charge on any atom is -0.411 e. The van der Waals surface area contributed by atoms with Crippen molar-refractivity contribution in [3.8, 4) is 0 Å². The lowest BCUT2D eigenvalue weighted by molar-refractivity contribution is -0.384. The first-order valence-electron chi connectivity index (χ1n) is 7.13. The van der Waals surface area contributed by atoms with Gasteiger partial charge in [-0.15, -0.1) is 0 Å². The summed E-state index contributed by atoms with van der Waals surface area (Å²) in [7, 11) is 0. The molecule has 2 unspecified atom stereocenters. The fourth-order valence-electron chi connectivity index (χ4n) is 3.66. The maximum Gasteiger partial charge on any atom is 0.288 e. The number of piperidine rings is 1. The van der Waals surface area contributed by atoms with E-state index in [2.05, 4.69) is 10.1 Å². The third kappa shape index (κ3) is 2.40. The second-order valence-electron chi connectivity index (χ2n) is 5.75. The Hall–Kier alpha value is -1.86. The van der Waals surface area contributed by atoms with E-state index in [4.69, 9.17) is 16.8 Å². The highest BCUT2D eigenvalue weighted by molar-refractivity contribution is 6.35. The first-order valence-corrected chi connectivity index (χ1v) is 7.51. The van der Waals surface area contributed by atoms with Gasteiger partial charge in [-0.2, -0.15) is 0 Å². The molecule has 2 N–H and O–H groups in total. The number of nitro benzene ring substituents is 1. The molecule has 0 spiro atoms. The molecule has 1 aromatic rings. The minimum atomic E-state index is -0.560. The number of nitrogens with zero attached hydrogens (tertiary/aromatic N) is 3. The van der Waals surface area contributed by atoms with Gasteiger partial charge in [-0.25, -0.2) is 0 Å². The van der Waals surface area contributed by atoms with E-state index in [0.29, 0.717) is 24.1 Å². The number of rotatable bonds is 3.